The van der Waals surface area contributed by atoms with E-state index in [0.29, 0.717) is 28.2 Å². The molecule has 29 heavy (non-hydrogen) atoms. The standard InChI is InChI=1S/C22H22ClN5O/c1-12(2)11-27-13(3)20-25-26-21(16-10-15(29)6-7-17(16)23)28(20)22-19(27)9-8-18(24-22)14-4-5-14/h6-10,12,14H,4-5,11H2,1-3H3/p+1. The van der Waals surface area contributed by atoms with Crippen molar-refractivity contribution in [3.8, 4) is 17.1 Å². The third kappa shape index (κ3) is 3.02. The summed E-state index contributed by atoms with van der Waals surface area (Å²) in [6.45, 7) is 7.35. The van der Waals surface area contributed by atoms with Crippen LogP contribution in [0.4, 0.5) is 0 Å². The van der Waals surface area contributed by atoms with E-state index >= 15 is 0 Å². The van der Waals surface area contributed by atoms with E-state index in [9.17, 15) is 5.11 Å². The predicted octanol–water partition coefficient (Wildman–Crippen LogP) is 4.43. The quantitative estimate of drug-likeness (QED) is 0.507. The second-order valence-electron chi connectivity index (χ2n) is 8.29. The van der Waals surface area contributed by atoms with Crippen molar-refractivity contribution in [1.82, 2.24) is 19.6 Å². The van der Waals surface area contributed by atoms with Crippen LogP contribution in [0.1, 0.15) is 44.0 Å². The molecule has 1 aromatic carbocycles. The summed E-state index contributed by atoms with van der Waals surface area (Å²) in [5, 5.41) is 19.5. The maximum Gasteiger partial charge on any atom is 0.249 e. The summed E-state index contributed by atoms with van der Waals surface area (Å²) >= 11 is 6.45. The van der Waals surface area contributed by atoms with Crippen molar-refractivity contribution in [2.24, 2.45) is 5.92 Å². The molecular formula is C22H23ClN5O+. The van der Waals surface area contributed by atoms with Crippen LogP contribution < -0.4 is 4.57 Å². The largest absolute Gasteiger partial charge is 0.508 e. The number of rotatable bonds is 4. The lowest BCUT2D eigenvalue weighted by Crippen LogP contribution is -2.41. The Bertz CT molecular complexity index is 1260. The fourth-order valence-corrected chi connectivity index (χ4v) is 4.12. The van der Waals surface area contributed by atoms with Gasteiger partial charge in [0.2, 0.25) is 22.5 Å². The van der Waals surface area contributed by atoms with Crippen molar-refractivity contribution in [2.75, 3.05) is 0 Å². The summed E-state index contributed by atoms with van der Waals surface area (Å²) in [6, 6.07) is 9.18. The normalized spacial score (nSPS) is 14.4. The van der Waals surface area contributed by atoms with Gasteiger partial charge in [0.05, 0.1) is 5.02 Å². The first-order chi connectivity index (χ1) is 13.9. The topological polar surface area (TPSA) is 67.2 Å². The van der Waals surface area contributed by atoms with E-state index in [-0.39, 0.29) is 5.75 Å². The van der Waals surface area contributed by atoms with Crippen LogP contribution in [0.25, 0.3) is 28.2 Å². The van der Waals surface area contributed by atoms with Gasteiger partial charge in [-0.3, -0.25) is 0 Å². The van der Waals surface area contributed by atoms with Crippen molar-refractivity contribution < 1.29 is 9.67 Å². The van der Waals surface area contributed by atoms with Gasteiger partial charge >= 0.3 is 0 Å². The maximum absolute atomic E-state index is 10.0. The Labute approximate surface area is 173 Å². The monoisotopic (exact) mass is 408 g/mol. The predicted molar refractivity (Wildman–Crippen MR) is 112 cm³/mol. The van der Waals surface area contributed by atoms with Gasteiger partial charge in [0, 0.05) is 36.1 Å². The molecule has 148 valence electrons. The molecule has 0 amide bonds. The lowest BCUT2D eigenvalue weighted by Gasteiger charge is -2.11. The number of phenols is 1. The van der Waals surface area contributed by atoms with Crippen molar-refractivity contribution in [1.29, 1.82) is 0 Å². The molecule has 7 heteroatoms. The zero-order valence-corrected chi connectivity index (χ0v) is 17.5. The molecule has 3 heterocycles. The van der Waals surface area contributed by atoms with E-state index in [1.54, 1.807) is 18.2 Å². The molecule has 0 unspecified atom stereocenters. The van der Waals surface area contributed by atoms with Gasteiger partial charge in [-0.25, -0.2) is 9.38 Å². The molecule has 0 atom stereocenters. The summed E-state index contributed by atoms with van der Waals surface area (Å²) in [6.07, 6.45) is 2.37. The lowest BCUT2D eigenvalue weighted by atomic mass is 10.1. The number of hydrogen-bond acceptors (Lipinski definition) is 4. The molecule has 0 bridgehead atoms. The second kappa shape index (κ2) is 6.66. The van der Waals surface area contributed by atoms with Crippen LogP contribution in [-0.2, 0) is 6.54 Å². The van der Waals surface area contributed by atoms with Gasteiger partial charge < -0.3 is 5.11 Å². The highest BCUT2D eigenvalue weighted by Gasteiger charge is 2.29. The Kier molecular flexibility index (Phi) is 4.21. The van der Waals surface area contributed by atoms with Crippen LogP contribution in [0, 0.1) is 12.8 Å². The average molecular weight is 409 g/mol. The van der Waals surface area contributed by atoms with E-state index in [0.717, 1.165) is 34.7 Å². The minimum Gasteiger partial charge on any atom is -0.508 e. The molecule has 4 aromatic rings. The van der Waals surface area contributed by atoms with Gasteiger partial charge in [-0.15, -0.1) is 10.2 Å². The third-order valence-electron chi connectivity index (χ3n) is 5.50. The Hall–Kier alpha value is -2.73. The molecule has 0 radical (unpaired) electrons. The van der Waals surface area contributed by atoms with Crippen molar-refractivity contribution >= 4 is 28.4 Å². The molecule has 1 aliphatic rings. The smallest absolute Gasteiger partial charge is 0.249 e. The average Bonchev–Trinajstić information content (AvgIpc) is 3.45. The maximum atomic E-state index is 10.0. The van der Waals surface area contributed by atoms with Gasteiger partial charge in [-0.1, -0.05) is 25.4 Å². The molecule has 0 aliphatic heterocycles. The number of aromatic hydroxyl groups is 1. The van der Waals surface area contributed by atoms with E-state index in [4.69, 9.17) is 16.6 Å². The Morgan fingerprint density at radius 2 is 1.97 bits per heavy atom. The molecule has 6 nitrogen and oxygen atoms in total. The summed E-state index contributed by atoms with van der Waals surface area (Å²) < 4.78 is 4.26. The van der Waals surface area contributed by atoms with Crippen molar-refractivity contribution in [3.63, 3.8) is 0 Å². The summed E-state index contributed by atoms with van der Waals surface area (Å²) in [5.74, 6) is 1.75. The summed E-state index contributed by atoms with van der Waals surface area (Å²) in [7, 11) is 0. The number of aryl methyl sites for hydroxylation is 1. The zero-order valence-electron chi connectivity index (χ0n) is 16.7. The minimum atomic E-state index is 0.139. The van der Waals surface area contributed by atoms with Crippen molar-refractivity contribution in [2.45, 2.75) is 46.1 Å². The van der Waals surface area contributed by atoms with Crippen LogP contribution in [-0.4, -0.2) is 24.7 Å². The summed E-state index contributed by atoms with van der Waals surface area (Å²) in [5.41, 5.74) is 5.41. The van der Waals surface area contributed by atoms with E-state index in [1.807, 2.05) is 4.40 Å². The highest BCUT2D eigenvalue weighted by Crippen LogP contribution is 2.39. The third-order valence-corrected chi connectivity index (χ3v) is 5.83. The molecule has 1 N–H and O–H groups in total. The minimum absolute atomic E-state index is 0.139. The number of phenolic OH excluding ortho intramolecular Hbond substituents is 1. The zero-order chi connectivity index (χ0) is 20.3. The molecule has 0 saturated heterocycles. The molecule has 5 rings (SSSR count). The molecular weight excluding hydrogens is 386 g/mol. The van der Waals surface area contributed by atoms with Crippen molar-refractivity contribution in [3.05, 3.63) is 46.7 Å². The first-order valence-electron chi connectivity index (χ1n) is 10.0. The van der Waals surface area contributed by atoms with E-state index < -0.39 is 0 Å². The van der Waals surface area contributed by atoms with E-state index in [2.05, 4.69) is 47.7 Å². The van der Waals surface area contributed by atoms with Gasteiger partial charge in [0.1, 0.15) is 5.75 Å². The molecule has 1 saturated carbocycles. The first-order valence-corrected chi connectivity index (χ1v) is 10.4. The molecule has 3 aromatic heterocycles. The highest BCUT2D eigenvalue weighted by molar-refractivity contribution is 6.33. The van der Waals surface area contributed by atoms with Crippen LogP contribution in [0.2, 0.25) is 5.02 Å². The van der Waals surface area contributed by atoms with Crippen LogP contribution in [0.3, 0.4) is 0 Å². The Morgan fingerprint density at radius 1 is 1.17 bits per heavy atom. The number of aromatic nitrogens is 5. The van der Waals surface area contributed by atoms with Gasteiger partial charge in [0.25, 0.3) is 0 Å². The van der Waals surface area contributed by atoms with E-state index in [1.165, 1.54) is 12.8 Å². The number of hydrogen-bond donors (Lipinski definition) is 1. The number of nitrogens with zero attached hydrogens (tertiary/aromatic N) is 5. The summed E-state index contributed by atoms with van der Waals surface area (Å²) in [4.78, 5) is 5.04. The Balaban J connectivity index is 1.89. The van der Waals surface area contributed by atoms with Gasteiger partial charge in [0.15, 0.2) is 12.4 Å². The first kappa shape index (κ1) is 18.3. The van der Waals surface area contributed by atoms with Crippen LogP contribution in [0.15, 0.2) is 30.3 Å². The van der Waals surface area contributed by atoms with Crippen LogP contribution in [0.5, 0.6) is 5.75 Å². The number of halogens is 1. The second-order valence-corrected chi connectivity index (χ2v) is 8.70. The SMILES string of the molecule is Cc1c2nnc(-c3cc(O)ccc3Cl)n2c2nc(C3CC3)ccc2[n+]1CC(C)C. The molecule has 1 aliphatic carbocycles. The molecule has 0 spiro atoms. The number of pyridine rings is 1. The fraction of sp³-hybridized carbons (Fsp3) is 0.364. The molecule has 1 fully saturated rings. The fourth-order valence-electron chi connectivity index (χ4n) is 3.92. The van der Waals surface area contributed by atoms with Gasteiger partial charge in [-0.2, -0.15) is 4.57 Å². The highest BCUT2D eigenvalue weighted by atomic mass is 35.5. The van der Waals surface area contributed by atoms with Gasteiger partial charge in [-0.05, 0) is 37.1 Å². The van der Waals surface area contributed by atoms with Crippen LogP contribution >= 0.6 is 11.6 Å². The number of fused-ring (bicyclic) bond motifs is 3. The lowest BCUT2D eigenvalue weighted by molar-refractivity contribution is -0.682. The number of benzene rings is 1. The Morgan fingerprint density at radius 3 is 2.69 bits per heavy atom.